The highest BCUT2D eigenvalue weighted by Crippen LogP contribution is 2.08. The molecule has 5 heteroatoms. The van der Waals surface area contributed by atoms with E-state index in [9.17, 15) is 4.79 Å². The zero-order valence-corrected chi connectivity index (χ0v) is 10.4. The van der Waals surface area contributed by atoms with E-state index in [0.717, 1.165) is 5.56 Å². The topological polar surface area (TPSA) is 63.6 Å². The van der Waals surface area contributed by atoms with Crippen molar-refractivity contribution < 1.29 is 9.53 Å². The Kier molecular flexibility index (Phi) is 4.23. The third-order valence-electron chi connectivity index (χ3n) is 2.40. The first-order valence-corrected chi connectivity index (χ1v) is 5.69. The Morgan fingerprint density at radius 2 is 1.89 bits per heavy atom. The number of carbonyl (C=O) groups is 1. The molecule has 0 aliphatic carbocycles. The first-order chi connectivity index (χ1) is 9.31. The van der Waals surface area contributed by atoms with Gasteiger partial charge in [-0.2, -0.15) is 5.10 Å². The summed E-state index contributed by atoms with van der Waals surface area (Å²) in [6.07, 6.45) is 1.05. The molecule has 0 atom stereocenters. The lowest BCUT2D eigenvalue weighted by atomic mass is 10.1. The molecule has 0 bridgehead atoms. The van der Waals surface area contributed by atoms with Crippen LogP contribution in [0, 0.1) is 0 Å². The Morgan fingerprint density at radius 3 is 2.53 bits per heavy atom. The van der Waals surface area contributed by atoms with Gasteiger partial charge in [0, 0.05) is 11.8 Å². The molecule has 19 heavy (non-hydrogen) atoms. The van der Waals surface area contributed by atoms with Crippen LogP contribution in [0.4, 0.5) is 4.79 Å². The summed E-state index contributed by atoms with van der Waals surface area (Å²) >= 11 is 0. The van der Waals surface area contributed by atoms with Gasteiger partial charge in [-0.1, -0.05) is 36.4 Å². The van der Waals surface area contributed by atoms with E-state index in [-0.39, 0.29) is 0 Å². The predicted octanol–water partition coefficient (Wildman–Crippen LogP) is 2.19. The molecule has 0 radical (unpaired) electrons. The molecule has 96 valence electrons. The molecule has 2 aromatic rings. The fraction of sp³-hybridized carbons (Fsp3) is 0.0714. The quantitative estimate of drug-likeness (QED) is 0.675. The maximum atomic E-state index is 11.1. The minimum absolute atomic E-state index is 0.576. The highest BCUT2D eigenvalue weighted by molar-refractivity contribution is 6.11. The summed E-state index contributed by atoms with van der Waals surface area (Å²) in [6, 6.07) is 15.0. The maximum absolute atomic E-state index is 11.1. The second-order valence-electron chi connectivity index (χ2n) is 3.64. The van der Waals surface area contributed by atoms with Crippen molar-refractivity contribution in [1.82, 2.24) is 10.4 Å². The van der Waals surface area contributed by atoms with Crippen molar-refractivity contribution in [3.05, 3.63) is 66.0 Å². The van der Waals surface area contributed by atoms with Gasteiger partial charge in [0.25, 0.3) is 0 Å². The van der Waals surface area contributed by atoms with Crippen molar-refractivity contribution >= 4 is 11.8 Å². The van der Waals surface area contributed by atoms with Crippen molar-refractivity contribution in [3.8, 4) is 0 Å². The summed E-state index contributed by atoms with van der Waals surface area (Å²) in [7, 11) is 1.29. The molecule has 1 amide bonds. The molecule has 5 nitrogen and oxygen atoms in total. The highest BCUT2D eigenvalue weighted by Gasteiger charge is 2.08. The van der Waals surface area contributed by atoms with E-state index in [2.05, 4.69) is 20.2 Å². The number of hydrogen-bond donors (Lipinski definition) is 1. The van der Waals surface area contributed by atoms with Crippen LogP contribution < -0.4 is 5.43 Å². The second-order valence-corrected chi connectivity index (χ2v) is 3.64. The standard InChI is InChI=1S/C14H13N3O2/c1-19-14(18)17-16-13(11-7-3-2-4-8-11)12-9-5-6-10-15-12/h2-10H,1H3,(H,17,18). The fourth-order valence-corrected chi connectivity index (χ4v) is 1.52. The number of pyridine rings is 1. The zero-order valence-electron chi connectivity index (χ0n) is 10.4. The summed E-state index contributed by atoms with van der Waals surface area (Å²) in [4.78, 5) is 15.4. The van der Waals surface area contributed by atoms with Crippen molar-refractivity contribution in [2.24, 2.45) is 5.10 Å². The van der Waals surface area contributed by atoms with Crippen molar-refractivity contribution in [2.45, 2.75) is 0 Å². The number of methoxy groups -OCH3 is 1. The molecule has 0 saturated carbocycles. The molecule has 2 rings (SSSR count). The van der Waals surface area contributed by atoms with Crippen molar-refractivity contribution in [3.63, 3.8) is 0 Å². The third-order valence-corrected chi connectivity index (χ3v) is 2.40. The molecule has 0 aliphatic heterocycles. The van der Waals surface area contributed by atoms with Crippen LogP contribution in [-0.2, 0) is 4.74 Å². The number of hydrazone groups is 1. The molecular formula is C14H13N3O2. The number of amides is 1. The van der Waals surface area contributed by atoms with Crippen LogP contribution in [0.25, 0.3) is 0 Å². The number of hydrogen-bond acceptors (Lipinski definition) is 4. The van der Waals surface area contributed by atoms with Crippen molar-refractivity contribution in [2.75, 3.05) is 7.11 Å². The Morgan fingerprint density at radius 1 is 1.16 bits per heavy atom. The van der Waals surface area contributed by atoms with Crippen LogP contribution in [0.15, 0.2) is 59.8 Å². The molecule has 0 fully saturated rings. The molecular weight excluding hydrogens is 242 g/mol. The van der Waals surface area contributed by atoms with Gasteiger partial charge in [-0.3, -0.25) is 4.98 Å². The Labute approximate surface area is 110 Å². The van der Waals surface area contributed by atoms with Crippen LogP contribution in [0.3, 0.4) is 0 Å². The number of nitrogens with zero attached hydrogens (tertiary/aromatic N) is 2. The minimum atomic E-state index is -0.621. The van der Waals surface area contributed by atoms with Gasteiger partial charge in [0.2, 0.25) is 0 Å². The van der Waals surface area contributed by atoms with E-state index < -0.39 is 6.09 Å². The van der Waals surface area contributed by atoms with E-state index in [1.807, 2.05) is 48.5 Å². The molecule has 0 saturated heterocycles. The summed E-state index contributed by atoms with van der Waals surface area (Å²) in [5.74, 6) is 0. The predicted molar refractivity (Wildman–Crippen MR) is 71.9 cm³/mol. The van der Waals surface area contributed by atoms with E-state index >= 15 is 0 Å². The van der Waals surface area contributed by atoms with Crippen molar-refractivity contribution in [1.29, 1.82) is 0 Å². The van der Waals surface area contributed by atoms with Gasteiger partial charge in [0.05, 0.1) is 12.8 Å². The summed E-state index contributed by atoms with van der Waals surface area (Å²) in [5, 5.41) is 4.06. The van der Waals surface area contributed by atoms with Gasteiger partial charge >= 0.3 is 6.09 Å². The Hall–Kier alpha value is -2.69. The van der Waals surface area contributed by atoms with E-state index in [4.69, 9.17) is 0 Å². The number of ether oxygens (including phenoxy) is 1. The number of nitrogens with one attached hydrogen (secondary N) is 1. The Balaban J connectivity index is 2.37. The number of carbonyl (C=O) groups excluding carboxylic acids is 1. The minimum Gasteiger partial charge on any atom is -0.452 e. The van der Waals surface area contributed by atoms with Crippen LogP contribution in [0.5, 0.6) is 0 Å². The first kappa shape index (κ1) is 12.8. The lowest BCUT2D eigenvalue weighted by Crippen LogP contribution is -2.20. The number of benzene rings is 1. The average molecular weight is 255 g/mol. The van der Waals surface area contributed by atoms with Gasteiger partial charge < -0.3 is 4.74 Å². The van der Waals surface area contributed by atoms with Crippen LogP contribution in [0.2, 0.25) is 0 Å². The van der Waals surface area contributed by atoms with Crippen LogP contribution >= 0.6 is 0 Å². The molecule has 1 N–H and O–H groups in total. The highest BCUT2D eigenvalue weighted by atomic mass is 16.5. The number of rotatable bonds is 3. The molecule has 0 unspecified atom stereocenters. The maximum Gasteiger partial charge on any atom is 0.427 e. The molecule has 0 aliphatic rings. The van der Waals surface area contributed by atoms with Gasteiger partial charge in [-0.15, -0.1) is 0 Å². The van der Waals surface area contributed by atoms with E-state index in [1.54, 1.807) is 6.20 Å². The van der Waals surface area contributed by atoms with E-state index in [0.29, 0.717) is 11.4 Å². The van der Waals surface area contributed by atoms with E-state index in [1.165, 1.54) is 7.11 Å². The summed E-state index contributed by atoms with van der Waals surface area (Å²) in [5.41, 5.74) is 4.42. The lowest BCUT2D eigenvalue weighted by molar-refractivity contribution is 0.171. The lowest BCUT2D eigenvalue weighted by Gasteiger charge is -2.06. The van der Waals surface area contributed by atoms with Gasteiger partial charge in [0.1, 0.15) is 5.71 Å². The summed E-state index contributed by atoms with van der Waals surface area (Å²) < 4.78 is 4.49. The van der Waals surface area contributed by atoms with Gasteiger partial charge in [-0.25, -0.2) is 10.2 Å². The SMILES string of the molecule is COC(=O)NN=C(c1ccccc1)c1ccccn1. The van der Waals surface area contributed by atoms with Gasteiger partial charge in [-0.05, 0) is 12.1 Å². The molecule has 0 spiro atoms. The summed E-state index contributed by atoms with van der Waals surface area (Å²) in [6.45, 7) is 0. The molecule has 1 aromatic heterocycles. The molecule has 1 aromatic carbocycles. The average Bonchev–Trinajstić information content (AvgIpc) is 2.49. The monoisotopic (exact) mass is 255 g/mol. The first-order valence-electron chi connectivity index (χ1n) is 5.69. The molecule has 1 heterocycles. The normalized spacial score (nSPS) is 10.9. The number of aromatic nitrogens is 1. The van der Waals surface area contributed by atoms with Crippen LogP contribution in [0.1, 0.15) is 11.3 Å². The third kappa shape index (κ3) is 3.38. The van der Waals surface area contributed by atoms with Crippen LogP contribution in [-0.4, -0.2) is 23.9 Å². The van der Waals surface area contributed by atoms with Gasteiger partial charge in [0.15, 0.2) is 0 Å². The second kappa shape index (κ2) is 6.30. The zero-order chi connectivity index (χ0) is 13.5. The largest absolute Gasteiger partial charge is 0.452 e. The smallest absolute Gasteiger partial charge is 0.427 e. The fourth-order valence-electron chi connectivity index (χ4n) is 1.52. The Bertz CT molecular complexity index is 526.